The second kappa shape index (κ2) is 4.78. The molecule has 0 spiro atoms. The van der Waals surface area contributed by atoms with Crippen LogP contribution in [0.15, 0.2) is 24.3 Å². The van der Waals surface area contributed by atoms with Crippen molar-refractivity contribution in [3.05, 3.63) is 24.3 Å². The zero-order valence-electron chi connectivity index (χ0n) is 8.00. The molecule has 0 radical (unpaired) electrons. The molecule has 0 fully saturated rings. The molecule has 2 nitrogen and oxygen atoms in total. The highest BCUT2D eigenvalue weighted by Gasteiger charge is 2.05. The van der Waals surface area contributed by atoms with Crippen LogP contribution in [0.5, 0.6) is 11.5 Å². The van der Waals surface area contributed by atoms with E-state index in [1.165, 1.54) is 0 Å². The Morgan fingerprint density at radius 2 is 1.42 bits per heavy atom. The van der Waals surface area contributed by atoms with Gasteiger partial charge in [0.2, 0.25) is 0 Å². The van der Waals surface area contributed by atoms with Crippen molar-refractivity contribution in [1.29, 1.82) is 0 Å². The quantitative estimate of drug-likeness (QED) is 0.651. The molecule has 0 saturated heterocycles. The third kappa shape index (κ3) is 3.39. The molecule has 2 heterocycles. The standard InChI is InChI=1S/C6H4O.C4H10.H3N/c1-2-5-4-6(3-1)7-5;1-4(2)3;/h1-4H;4H,1-3H3;1H3. The van der Waals surface area contributed by atoms with Gasteiger partial charge in [-0.25, -0.2) is 0 Å². The number of ether oxygens (including phenoxy) is 1. The molecule has 0 amide bonds. The lowest BCUT2D eigenvalue weighted by atomic mass is 10.2. The van der Waals surface area contributed by atoms with E-state index >= 15 is 0 Å². The molecule has 0 unspecified atom stereocenters. The Bertz CT molecular complexity index is 206. The molecule has 2 bridgehead atoms. The van der Waals surface area contributed by atoms with Gasteiger partial charge in [0.1, 0.15) is 11.5 Å². The van der Waals surface area contributed by atoms with Gasteiger partial charge in [0, 0.05) is 6.07 Å². The molecule has 0 saturated carbocycles. The SMILES string of the molecule is CC(C)C.N.c1cc2cc(c1)O2. The largest absolute Gasteiger partial charge is 0.457 e. The minimum Gasteiger partial charge on any atom is -0.457 e. The first-order chi connectivity index (χ1) is 5.18. The van der Waals surface area contributed by atoms with Crippen LogP contribution in [0.3, 0.4) is 0 Å². The highest BCUT2D eigenvalue weighted by Crippen LogP contribution is 2.32. The lowest BCUT2D eigenvalue weighted by Crippen LogP contribution is -1.91. The van der Waals surface area contributed by atoms with Crippen LogP contribution in [-0.4, -0.2) is 0 Å². The summed E-state index contributed by atoms with van der Waals surface area (Å²) >= 11 is 0. The summed E-state index contributed by atoms with van der Waals surface area (Å²) in [7, 11) is 0. The smallest absolute Gasteiger partial charge is 0.131 e. The third-order valence-electron chi connectivity index (χ3n) is 1.04. The van der Waals surface area contributed by atoms with E-state index in [4.69, 9.17) is 4.74 Å². The van der Waals surface area contributed by atoms with Crippen molar-refractivity contribution in [2.24, 2.45) is 5.92 Å². The van der Waals surface area contributed by atoms with Crippen molar-refractivity contribution in [3.8, 4) is 11.5 Å². The highest BCUT2D eigenvalue weighted by atomic mass is 16.5. The molecular formula is C10H17NO. The molecule has 3 rings (SSSR count). The highest BCUT2D eigenvalue weighted by molar-refractivity contribution is 5.43. The molecule has 0 aromatic heterocycles. The summed E-state index contributed by atoms with van der Waals surface area (Å²) in [6.45, 7) is 6.50. The second-order valence-electron chi connectivity index (χ2n) is 3.31. The normalized spacial score (nSPS) is 10.0. The van der Waals surface area contributed by atoms with E-state index in [0.717, 1.165) is 17.4 Å². The van der Waals surface area contributed by atoms with Gasteiger partial charge in [-0.05, 0) is 18.1 Å². The number of benzene rings is 1. The van der Waals surface area contributed by atoms with E-state index in [1.54, 1.807) is 0 Å². The van der Waals surface area contributed by atoms with Crippen molar-refractivity contribution in [1.82, 2.24) is 6.15 Å². The minimum atomic E-state index is 0. The lowest BCUT2D eigenvalue weighted by molar-refractivity contribution is 0.438. The Morgan fingerprint density at radius 1 is 1.08 bits per heavy atom. The summed E-state index contributed by atoms with van der Waals surface area (Å²) in [5, 5.41) is 0. The zero-order chi connectivity index (χ0) is 8.27. The van der Waals surface area contributed by atoms with Crippen LogP contribution >= 0.6 is 0 Å². The molecule has 12 heavy (non-hydrogen) atoms. The van der Waals surface area contributed by atoms with Crippen LogP contribution in [0.2, 0.25) is 0 Å². The van der Waals surface area contributed by atoms with Crippen LogP contribution in [0, 0.1) is 5.92 Å². The molecule has 0 atom stereocenters. The van der Waals surface area contributed by atoms with E-state index in [2.05, 4.69) is 20.8 Å². The summed E-state index contributed by atoms with van der Waals surface area (Å²) in [6.07, 6.45) is 0. The van der Waals surface area contributed by atoms with Crippen molar-refractivity contribution < 1.29 is 4.74 Å². The topological polar surface area (TPSA) is 44.2 Å². The average Bonchev–Trinajstić information content (AvgIpc) is 1.86. The maximum Gasteiger partial charge on any atom is 0.131 e. The van der Waals surface area contributed by atoms with Crippen LogP contribution in [0.4, 0.5) is 0 Å². The predicted molar refractivity (Wildman–Crippen MR) is 52.1 cm³/mol. The first kappa shape index (κ1) is 11.0. The maximum absolute atomic E-state index is 5.01. The minimum absolute atomic E-state index is 0. The molecule has 2 aliphatic rings. The fourth-order valence-corrected chi connectivity index (χ4v) is 0.679. The van der Waals surface area contributed by atoms with Gasteiger partial charge in [-0.15, -0.1) is 0 Å². The molecule has 2 aliphatic heterocycles. The van der Waals surface area contributed by atoms with Crippen molar-refractivity contribution in [3.63, 3.8) is 0 Å². The number of hydrogen-bond acceptors (Lipinski definition) is 2. The lowest BCUT2D eigenvalue weighted by Gasteiger charge is -2.13. The molecule has 0 aliphatic carbocycles. The summed E-state index contributed by atoms with van der Waals surface area (Å²) in [5.74, 6) is 2.80. The fraction of sp³-hybridized carbons (Fsp3) is 0.400. The number of fused-ring (bicyclic) bond motifs is 2. The Balaban J connectivity index is 0.000000217. The molecule has 3 N–H and O–H groups in total. The van der Waals surface area contributed by atoms with E-state index in [-0.39, 0.29) is 6.15 Å². The summed E-state index contributed by atoms with van der Waals surface area (Å²) < 4.78 is 5.01. The molecule has 1 aromatic carbocycles. The predicted octanol–water partition coefficient (Wildman–Crippen LogP) is 3.62. The molecule has 1 aromatic rings. The molecule has 2 heteroatoms. The maximum atomic E-state index is 5.01. The third-order valence-corrected chi connectivity index (χ3v) is 1.04. The van der Waals surface area contributed by atoms with Gasteiger partial charge < -0.3 is 10.9 Å². The zero-order valence-corrected chi connectivity index (χ0v) is 8.00. The van der Waals surface area contributed by atoms with Gasteiger partial charge in [0.15, 0.2) is 0 Å². The molecular weight excluding hydrogens is 150 g/mol. The van der Waals surface area contributed by atoms with Gasteiger partial charge in [0.25, 0.3) is 0 Å². The van der Waals surface area contributed by atoms with E-state index in [1.807, 2.05) is 24.3 Å². The Kier molecular flexibility index (Phi) is 4.37. The van der Waals surface area contributed by atoms with Crippen LogP contribution in [-0.2, 0) is 0 Å². The van der Waals surface area contributed by atoms with E-state index in [0.29, 0.717) is 0 Å². The summed E-state index contributed by atoms with van der Waals surface area (Å²) in [5.41, 5.74) is 0. The fourth-order valence-electron chi connectivity index (χ4n) is 0.679. The first-order valence-electron chi connectivity index (χ1n) is 3.96. The van der Waals surface area contributed by atoms with Crippen molar-refractivity contribution in [2.75, 3.05) is 0 Å². The first-order valence-corrected chi connectivity index (χ1v) is 3.96. The Hall–Kier alpha value is -1.02. The van der Waals surface area contributed by atoms with Crippen molar-refractivity contribution in [2.45, 2.75) is 20.8 Å². The van der Waals surface area contributed by atoms with Gasteiger partial charge in [0.05, 0.1) is 0 Å². The summed E-state index contributed by atoms with van der Waals surface area (Å²) in [6, 6.07) is 7.86. The summed E-state index contributed by atoms with van der Waals surface area (Å²) in [4.78, 5) is 0. The number of hydrogen-bond donors (Lipinski definition) is 1. The molecule has 68 valence electrons. The van der Waals surface area contributed by atoms with Gasteiger partial charge >= 0.3 is 0 Å². The van der Waals surface area contributed by atoms with Crippen LogP contribution in [0.25, 0.3) is 0 Å². The van der Waals surface area contributed by atoms with Gasteiger partial charge in [-0.3, -0.25) is 0 Å². The monoisotopic (exact) mass is 167 g/mol. The Labute approximate surface area is 74.1 Å². The Morgan fingerprint density at radius 3 is 1.50 bits per heavy atom. The average molecular weight is 167 g/mol. The van der Waals surface area contributed by atoms with Gasteiger partial charge in [-0.1, -0.05) is 26.8 Å². The van der Waals surface area contributed by atoms with E-state index in [9.17, 15) is 0 Å². The number of rotatable bonds is 0. The van der Waals surface area contributed by atoms with Crippen molar-refractivity contribution >= 4 is 0 Å². The van der Waals surface area contributed by atoms with Crippen LogP contribution in [0.1, 0.15) is 20.8 Å². The van der Waals surface area contributed by atoms with E-state index < -0.39 is 0 Å². The van der Waals surface area contributed by atoms with Crippen LogP contribution < -0.4 is 10.9 Å². The second-order valence-corrected chi connectivity index (χ2v) is 3.31. The van der Waals surface area contributed by atoms with Gasteiger partial charge in [-0.2, -0.15) is 0 Å².